The van der Waals surface area contributed by atoms with Gasteiger partial charge in [-0.1, -0.05) is 32.0 Å². The highest BCUT2D eigenvalue weighted by molar-refractivity contribution is 5.35. The summed E-state index contributed by atoms with van der Waals surface area (Å²) >= 11 is 0. The molecular weight excluding hydrogens is 198 g/mol. The van der Waals surface area contributed by atoms with Gasteiger partial charge in [0, 0.05) is 12.5 Å². The van der Waals surface area contributed by atoms with E-state index in [1.54, 1.807) is 0 Å². The SMILES string of the molecule is CC(C)CNCC1COc2ccccc2C1. The van der Waals surface area contributed by atoms with Crippen molar-refractivity contribution >= 4 is 0 Å². The molecule has 0 bridgehead atoms. The van der Waals surface area contributed by atoms with E-state index in [4.69, 9.17) is 4.74 Å². The number of hydrogen-bond acceptors (Lipinski definition) is 2. The van der Waals surface area contributed by atoms with Gasteiger partial charge in [0.15, 0.2) is 0 Å². The molecule has 0 amide bonds. The average Bonchev–Trinajstić information content (AvgIpc) is 2.28. The highest BCUT2D eigenvalue weighted by Gasteiger charge is 2.18. The van der Waals surface area contributed by atoms with Crippen molar-refractivity contribution in [2.75, 3.05) is 19.7 Å². The second-order valence-corrected chi connectivity index (χ2v) is 5.04. The van der Waals surface area contributed by atoms with Gasteiger partial charge in [-0.25, -0.2) is 0 Å². The summed E-state index contributed by atoms with van der Waals surface area (Å²) in [7, 11) is 0. The second-order valence-electron chi connectivity index (χ2n) is 5.04. The lowest BCUT2D eigenvalue weighted by molar-refractivity contribution is 0.217. The first-order chi connectivity index (χ1) is 7.75. The second kappa shape index (κ2) is 5.35. The van der Waals surface area contributed by atoms with Gasteiger partial charge >= 0.3 is 0 Å². The van der Waals surface area contributed by atoms with Crippen LogP contribution in [-0.2, 0) is 6.42 Å². The number of fused-ring (bicyclic) bond motifs is 1. The van der Waals surface area contributed by atoms with E-state index in [1.807, 2.05) is 6.07 Å². The first-order valence-electron chi connectivity index (χ1n) is 6.17. The molecule has 2 rings (SSSR count). The molecule has 1 heterocycles. The Hall–Kier alpha value is -1.02. The van der Waals surface area contributed by atoms with Gasteiger partial charge in [0.25, 0.3) is 0 Å². The standard InChI is InChI=1S/C14H21NO/c1-11(2)8-15-9-12-7-13-5-3-4-6-14(13)16-10-12/h3-6,11-12,15H,7-10H2,1-2H3. The fourth-order valence-electron chi connectivity index (χ4n) is 2.10. The molecule has 2 heteroatoms. The van der Waals surface area contributed by atoms with Crippen LogP contribution in [0.3, 0.4) is 0 Å². The molecule has 1 atom stereocenters. The Bertz CT molecular complexity index is 335. The molecule has 88 valence electrons. The van der Waals surface area contributed by atoms with E-state index in [2.05, 4.69) is 37.4 Å². The topological polar surface area (TPSA) is 21.3 Å². The van der Waals surface area contributed by atoms with Crippen LogP contribution in [0.15, 0.2) is 24.3 Å². The van der Waals surface area contributed by atoms with Crippen molar-refractivity contribution in [3.63, 3.8) is 0 Å². The molecule has 0 aromatic heterocycles. The minimum Gasteiger partial charge on any atom is -0.493 e. The largest absolute Gasteiger partial charge is 0.493 e. The lowest BCUT2D eigenvalue weighted by atomic mass is 9.96. The quantitative estimate of drug-likeness (QED) is 0.840. The molecule has 0 saturated heterocycles. The zero-order chi connectivity index (χ0) is 11.4. The highest BCUT2D eigenvalue weighted by Crippen LogP contribution is 2.26. The minimum atomic E-state index is 0.619. The van der Waals surface area contributed by atoms with Crippen molar-refractivity contribution < 1.29 is 4.74 Å². The zero-order valence-electron chi connectivity index (χ0n) is 10.2. The Morgan fingerprint density at radius 2 is 2.19 bits per heavy atom. The Kier molecular flexibility index (Phi) is 3.83. The van der Waals surface area contributed by atoms with Gasteiger partial charge in [0.05, 0.1) is 6.61 Å². The van der Waals surface area contributed by atoms with Gasteiger partial charge in [-0.15, -0.1) is 0 Å². The van der Waals surface area contributed by atoms with E-state index in [0.29, 0.717) is 5.92 Å². The lowest BCUT2D eigenvalue weighted by Gasteiger charge is -2.25. The van der Waals surface area contributed by atoms with Crippen LogP contribution >= 0.6 is 0 Å². The van der Waals surface area contributed by atoms with Crippen LogP contribution in [0.4, 0.5) is 0 Å². The van der Waals surface area contributed by atoms with Crippen LogP contribution in [0, 0.1) is 11.8 Å². The summed E-state index contributed by atoms with van der Waals surface area (Å²) in [5.41, 5.74) is 1.35. The average molecular weight is 219 g/mol. The molecular formula is C14H21NO. The first kappa shape index (κ1) is 11.5. The van der Waals surface area contributed by atoms with E-state index in [1.165, 1.54) is 5.56 Å². The summed E-state index contributed by atoms with van der Waals surface area (Å²) in [6.45, 7) is 7.48. The van der Waals surface area contributed by atoms with Crippen molar-refractivity contribution in [1.29, 1.82) is 0 Å². The van der Waals surface area contributed by atoms with Crippen LogP contribution in [0.2, 0.25) is 0 Å². The van der Waals surface area contributed by atoms with Gasteiger partial charge in [0.2, 0.25) is 0 Å². The molecule has 0 aliphatic carbocycles. The van der Waals surface area contributed by atoms with Crippen LogP contribution in [0.1, 0.15) is 19.4 Å². The molecule has 1 N–H and O–H groups in total. The van der Waals surface area contributed by atoms with Gasteiger partial charge in [-0.05, 0) is 30.5 Å². The van der Waals surface area contributed by atoms with Crippen LogP contribution in [-0.4, -0.2) is 19.7 Å². The Balaban J connectivity index is 1.83. The molecule has 0 spiro atoms. The molecule has 1 aliphatic rings. The number of rotatable bonds is 4. The lowest BCUT2D eigenvalue weighted by Crippen LogP contribution is -2.33. The first-order valence-corrected chi connectivity index (χ1v) is 6.17. The van der Waals surface area contributed by atoms with E-state index >= 15 is 0 Å². The summed E-state index contributed by atoms with van der Waals surface area (Å²) in [4.78, 5) is 0. The molecule has 0 saturated carbocycles. The van der Waals surface area contributed by atoms with Gasteiger partial charge in [0.1, 0.15) is 5.75 Å². The van der Waals surface area contributed by atoms with E-state index in [-0.39, 0.29) is 0 Å². The third-order valence-corrected chi connectivity index (χ3v) is 2.94. The minimum absolute atomic E-state index is 0.619. The van der Waals surface area contributed by atoms with E-state index < -0.39 is 0 Å². The van der Waals surface area contributed by atoms with Crippen LogP contribution in [0.25, 0.3) is 0 Å². The maximum Gasteiger partial charge on any atom is 0.122 e. The summed E-state index contributed by atoms with van der Waals surface area (Å²) in [5, 5.41) is 3.51. The maximum atomic E-state index is 5.75. The van der Waals surface area contributed by atoms with Crippen molar-refractivity contribution in [3.05, 3.63) is 29.8 Å². The zero-order valence-corrected chi connectivity index (χ0v) is 10.2. The van der Waals surface area contributed by atoms with Crippen molar-refractivity contribution in [1.82, 2.24) is 5.32 Å². The van der Waals surface area contributed by atoms with Crippen molar-refractivity contribution in [2.24, 2.45) is 11.8 Å². The molecule has 1 aromatic rings. The van der Waals surface area contributed by atoms with Gasteiger partial charge in [-0.3, -0.25) is 0 Å². The Labute approximate surface area is 98.0 Å². The van der Waals surface area contributed by atoms with Gasteiger partial charge < -0.3 is 10.1 Å². The molecule has 16 heavy (non-hydrogen) atoms. The Morgan fingerprint density at radius 1 is 1.38 bits per heavy atom. The van der Waals surface area contributed by atoms with Crippen LogP contribution in [0.5, 0.6) is 5.75 Å². The summed E-state index contributed by atoms with van der Waals surface area (Å²) < 4.78 is 5.75. The molecule has 1 aliphatic heterocycles. The monoisotopic (exact) mass is 219 g/mol. The number of benzene rings is 1. The summed E-state index contributed by atoms with van der Waals surface area (Å²) in [6.07, 6.45) is 1.14. The van der Waals surface area contributed by atoms with E-state index in [0.717, 1.165) is 37.8 Å². The van der Waals surface area contributed by atoms with Gasteiger partial charge in [-0.2, -0.15) is 0 Å². The molecule has 1 unspecified atom stereocenters. The van der Waals surface area contributed by atoms with Crippen LogP contribution < -0.4 is 10.1 Å². The number of nitrogens with one attached hydrogen (secondary N) is 1. The Morgan fingerprint density at radius 3 is 3.00 bits per heavy atom. The van der Waals surface area contributed by atoms with Crippen molar-refractivity contribution in [2.45, 2.75) is 20.3 Å². The third kappa shape index (κ3) is 2.99. The maximum absolute atomic E-state index is 5.75. The number of hydrogen-bond donors (Lipinski definition) is 1. The fraction of sp³-hybridized carbons (Fsp3) is 0.571. The number of para-hydroxylation sites is 1. The molecule has 0 fully saturated rings. The fourth-order valence-corrected chi connectivity index (χ4v) is 2.10. The highest BCUT2D eigenvalue weighted by atomic mass is 16.5. The normalized spacial score (nSPS) is 19.3. The predicted molar refractivity (Wildman–Crippen MR) is 66.8 cm³/mol. The summed E-state index contributed by atoms with van der Waals surface area (Å²) in [6, 6.07) is 8.36. The number of ether oxygens (including phenoxy) is 1. The smallest absolute Gasteiger partial charge is 0.122 e. The van der Waals surface area contributed by atoms with E-state index in [9.17, 15) is 0 Å². The molecule has 2 nitrogen and oxygen atoms in total. The third-order valence-electron chi connectivity index (χ3n) is 2.94. The van der Waals surface area contributed by atoms with Crippen molar-refractivity contribution in [3.8, 4) is 5.75 Å². The predicted octanol–water partition coefficient (Wildman–Crippen LogP) is 2.48. The molecule has 0 radical (unpaired) electrons. The molecule has 1 aromatic carbocycles. The summed E-state index contributed by atoms with van der Waals surface area (Å²) in [5.74, 6) is 2.41.